The number of phenols is 1. The molecule has 142 valence electrons. The monoisotopic (exact) mass is 384 g/mol. The highest BCUT2D eigenvalue weighted by Crippen LogP contribution is 2.29. The molecule has 1 unspecified atom stereocenters. The van der Waals surface area contributed by atoms with E-state index < -0.39 is 0 Å². The number of nitrogens with zero attached hydrogens (tertiary/aromatic N) is 1. The van der Waals surface area contributed by atoms with E-state index in [0.29, 0.717) is 30.6 Å². The van der Waals surface area contributed by atoms with Crippen LogP contribution in [0.5, 0.6) is 5.75 Å². The minimum absolute atomic E-state index is 0.0953. The van der Waals surface area contributed by atoms with E-state index in [0.717, 1.165) is 18.4 Å². The largest absolute Gasteiger partial charge is 0.508 e. The molecule has 0 saturated heterocycles. The van der Waals surface area contributed by atoms with Crippen molar-refractivity contribution in [3.8, 4) is 5.75 Å². The summed E-state index contributed by atoms with van der Waals surface area (Å²) in [5, 5.41) is 14.1. The topological polar surface area (TPSA) is 52.6 Å². The van der Waals surface area contributed by atoms with Gasteiger partial charge in [0.25, 0.3) is 0 Å². The minimum atomic E-state index is -0.237. The number of hydrogen-bond donors (Lipinski definition) is 2. The number of carbonyl (C=O) groups excluding carboxylic acids is 1. The van der Waals surface area contributed by atoms with Crippen molar-refractivity contribution >= 4 is 17.5 Å². The first-order valence-electron chi connectivity index (χ1n) is 9.69. The number of aromatic hydroxyl groups is 1. The molecule has 4 nitrogen and oxygen atoms in total. The molecule has 1 aliphatic heterocycles. The normalized spacial score (nSPS) is 20.4. The van der Waals surface area contributed by atoms with Crippen LogP contribution in [0.2, 0.25) is 5.02 Å². The van der Waals surface area contributed by atoms with E-state index in [4.69, 9.17) is 11.6 Å². The zero-order chi connectivity index (χ0) is 18.8. The number of nitrogens with one attached hydrogen (secondary N) is 1. The third-order valence-corrected chi connectivity index (χ3v) is 6.00. The molecule has 1 amide bonds. The van der Waals surface area contributed by atoms with Gasteiger partial charge in [0.05, 0.1) is 6.04 Å². The first-order chi connectivity index (χ1) is 13.1. The lowest BCUT2D eigenvalue weighted by Gasteiger charge is -2.36. The van der Waals surface area contributed by atoms with Crippen molar-refractivity contribution in [2.24, 2.45) is 0 Å². The van der Waals surface area contributed by atoms with Crippen LogP contribution in [0.3, 0.4) is 0 Å². The van der Waals surface area contributed by atoms with E-state index in [1.807, 2.05) is 12.1 Å². The van der Waals surface area contributed by atoms with Crippen molar-refractivity contribution in [3.05, 3.63) is 64.2 Å². The molecule has 27 heavy (non-hydrogen) atoms. The van der Waals surface area contributed by atoms with Crippen LogP contribution in [-0.4, -0.2) is 28.0 Å². The van der Waals surface area contributed by atoms with Crippen molar-refractivity contribution in [1.29, 1.82) is 0 Å². The van der Waals surface area contributed by atoms with E-state index >= 15 is 0 Å². The highest BCUT2D eigenvalue weighted by Gasteiger charge is 2.33. The third-order valence-electron chi connectivity index (χ3n) is 5.77. The minimum Gasteiger partial charge on any atom is -0.508 e. The van der Waals surface area contributed by atoms with Crippen LogP contribution in [0.1, 0.15) is 42.4 Å². The lowest BCUT2D eigenvalue weighted by molar-refractivity contribution is -0.128. The fourth-order valence-electron chi connectivity index (χ4n) is 4.27. The molecule has 2 aromatic carbocycles. The lowest BCUT2D eigenvalue weighted by Crippen LogP contribution is -2.51. The van der Waals surface area contributed by atoms with Crippen molar-refractivity contribution < 1.29 is 9.90 Å². The number of carbonyl (C=O) groups is 1. The Balaban J connectivity index is 1.59. The Labute approximate surface area is 165 Å². The summed E-state index contributed by atoms with van der Waals surface area (Å²) in [6, 6.07) is 13.4. The zero-order valence-electron chi connectivity index (χ0n) is 15.3. The summed E-state index contributed by atoms with van der Waals surface area (Å²) >= 11 is 6.12. The molecule has 2 N–H and O–H groups in total. The van der Waals surface area contributed by atoms with Crippen LogP contribution in [0.4, 0.5) is 0 Å². The van der Waals surface area contributed by atoms with Gasteiger partial charge in [0.15, 0.2) is 0 Å². The Morgan fingerprint density at radius 3 is 2.67 bits per heavy atom. The number of rotatable bonds is 4. The van der Waals surface area contributed by atoms with Gasteiger partial charge in [-0.2, -0.15) is 0 Å². The summed E-state index contributed by atoms with van der Waals surface area (Å²) in [5.74, 6) is 0.311. The zero-order valence-corrected chi connectivity index (χ0v) is 16.1. The SMILES string of the molecule is O=C(NC1CCCC1)C1Cc2ccccc2CN1Cc1cc(Cl)ccc1O. The van der Waals surface area contributed by atoms with E-state index in [9.17, 15) is 9.90 Å². The third kappa shape index (κ3) is 4.12. The summed E-state index contributed by atoms with van der Waals surface area (Å²) in [4.78, 5) is 15.2. The maximum absolute atomic E-state index is 13.1. The highest BCUT2D eigenvalue weighted by atomic mass is 35.5. The Bertz CT molecular complexity index is 833. The molecule has 1 fully saturated rings. The number of hydrogen-bond acceptors (Lipinski definition) is 3. The highest BCUT2D eigenvalue weighted by molar-refractivity contribution is 6.30. The average molecular weight is 385 g/mol. The fraction of sp³-hybridized carbons (Fsp3) is 0.409. The van der Waals surface area contributed by atoms with Crippen LogP contribution < -0.4 is 5.32 Å². The van der Waals surface area contributed by atoms with Gasteiger partial charge < -0.3 is 10.4 Å². The molecule has 4 rings (SSSR count). The first-order valence-corrected chi connectivity index (χ1v) is 10.1. The van der Waals surface area contributed by atoms with Gasteiger partial charge in [0.2, 0.25) is 5.91 Å². The summed E-state index contributed by atoms with van der Waals surface area (Å²) in [7, 11) is 0. The van der Waals surface area contributed by atoms with Gasteiger partial charge in [-0.25, -0.2) is 0 Å². The van der Waals surface area contributed by atoms with E-state index in [1.165, 1.54) is 24.0 Å². The van der Waals surface area contributed by atoms with E-state index in [1.54, 1.807) is 18.2 Å². The smallest absolute Gasteiger partial charge is 0.237 e. The van der Waals surface area contributed by atoms with Gasteiger partial charge in [-0.05, 0) is 48.6 Å². The van der Waals surface area contributed by atoms with Crippen LogP contribution in [0.25, 0.3) is 0 Å². The molecule has 1 heterocycles. The van der Waals surface area contributed by atoms with Crippen molar-refractivity contribution in [3.63, 3.8) is 0 Å². The van der Waals surface area contributed by atoms with Crippen LogP contribution in [0, 0.1) is 0 Å². The number of halogens is 1. The molecule has 0 bridgehead atoms. The summed E-state index contributed by atoms with van der Waals surface area (Å²) in [6.07, 6.45) is 5.22. The number of benzene rings is 2. The molecule has 1 atom stereocenters. The second kappa shape index (κ2) is 7.91. The van der Waals surface area contributed by atoms with Crippen LogP contribution in [0.15, 0.2) is 42.5 Å². The van der Waals surface area contributed by atoms with E-state index in [2.05, 4.69) is 22.3 Å². The second-order valence-electron chi connectivity index (χ2n) is 7.66. The first kappa shape index (κ1) is 18.3. The Morgan fingerprint density at radius 2 is 1.89 bits per heavy atom. The predicted octanol–water partition coefficient (Wildman–Crippen LogP) is 4.03. The maximum Gasteiger partial charge on any atom is 0.237 e. The number of phenolic OH excluding ortho intramolecular Hbond substituents is 1. The second-order valence-corrected chi connectivity index (χ2v) is 8.09. The van der Waals surface area contributed by atoms with E-state index in [-0.39, 0.29) is 17.7 Å². The molecule has 2 aromatic rings. The van der Waals surface area contributed by atoms with Crippen LogP contribution in [-0.2, 0) is 24.3 Å². The predicted molar refractivity (Wildman–Crippen MR) is 107 cm³/mol. The molecule has 0 radical (unpaired) electrons. The lowest BCUT2D eigenvalue weighted by atomic mass is 9.92. The number of amides is 1. The molecule has 0 aromatic heterocycles. The molecule has 1 saturated carbocycles. The summed E-state index contributed by atoms with van der Waals surface area (Å²) in [6.45, 7) is 1.17. The van der Waals surface area contributed by atoms with Gasteiger partial charge in [-0.3, -0.25) is 9.69 Å². The Hall–Kier alpha value is -2.04. The Morgan fingerprint density at radius 1 is 1.15 bits per heavy atom. The average Bonchev–Trinajstić information content (AvgIpc) is 3.17. The van der Waals surface area contributed by atoms with Crippen LogP contribution >= 0.6 is 11.6 Å². The molecule has 5 heteroatoms. The Kier molecular flexibility index (Phi) is 5.37. The van der Waals surface area contributed by atoms with Gasteiger partial charge >= 0.3 is 0 Å². The maximum atomic E-state index is 13.1. The quantitative estimate of drug-likeness (QED) is 0.836. The van der Waals surface area contributed by atoms with Gasteiger partial charge in [-0.1, -0.05) is 48.7 Å². The molecule has 1 aliphatic carbocycles. The fourth-order valence-corrected chi connectivity index (χ4v) is 4.46. The van der Waals surface area contributed by atoms with Gasteiger partial charge in [0, 0.05) is 29.7 Å². The summed E-state index contributed by atoms with van der Waals surface area (Å²) in [5.41, 5.74) is 3.22. The molecular formula is C22H25ClN2O2. The van der Waals surface area contributed by atoms with Crippen molar-refractivity contribution in [2.45, 2.75) is 57.3 Å². The standard InChI is InChI=1S/C22H25ClN2O2/c23-18-9-10-21(26)17(11-18)14-25-13-16-6-2-1-5-15(16)12-20(25)22(27)24-19-7-3-4-8-19/h1-2,5-6,9-11,19-20,26H,3-4,7-8,12-14H2,(H,24,27). The molecule has 0 spiro atoms. The molecular weight excluding hydrogens is 360 g/mol. The van der Waals surface area contributed by atoms with Crippen molar-refractivity contribution in [1.82, 2.24) is 10.2 Å². The van der Waals surface area contributed by atoms with Crippen molar-refractivity contribution in [2.75, 3.05) is 0 Å². The molecule has 2 aliphatic rings. The summed E-state index contributed by atoms with van der Waals surface area (Å²) < 4.78 is 0. The number of fused-ring (bicyclic) bond motifs is 1. The van der Waals surface area contributed by atoms with Gasteiger partial charge in [0.1, 0.15) is 5.75 Å². The van der Waals surface area contributed by atoms with Gasteiger partial charge in [-0.15, -0.1) is 0 Å².